The highest BCUT2D eigenvalue weighted by molar-refractivity contribution is 5.65. The number of nitrogens with one attached hydrogen (secondary N) is 1. The molecule has 2 rings (SSSR count). The number of nitrogen functional groups attached to an aromatic ring is 1. The molecule has 2 aromatic rings. The quantitative estimate of drug-likeness (QED) is 0.472. The van der Waals surface area contributed by atoms with Crippen LogP contribution in [0.25, 0.3) is 0 Å². The predicted octanol–water partition coefficient (Wildman–Crippen LogP) is 1.03. The van der Waals surface area contributed by atoms with Gasteiger partial charge in [-0.15, -0.1) is 0 Å². The maximum atomic E-state index is 10.9. The molecule has 1 heterocycles. The van der Waals surface area contributed by atoms with E-state index in [2.05, 4.69) is 10.5 Å². The van der Waals surface area contributed by atoms with Crippen molar-refractivity contribution >= 4 is 17.1 Å². The highest BCUT2D eigenvalue weighted by Gasteiger charge is 2.17. The molecule has 0 bridgehead atoms. The Bertz CT molecular complexity index is 668. The van der Waals surface area contributed by atoms with E-state index in [1.165, 1.54) is 23.0 Å². The van der Waals surface area contributed by atoms with E-state index >= 15 is 0 Å². The van der Waals surface area contributed by atoms with E-state index in [1.54, 1.807) is 6.07 Å². The molecular formula is C10H10N6O4. The second-order valence-corrected chi connectivity index (χ2v) is 3.87. The molecule has 0 aliphatic carbocycles. The van der Waals surface area contributed by atoms with E-state index in [1.807, 2.05) is 0 Å². The minimum absolute atomic E-state index is 0.120. The first-order chi connectivity index (χ1) is 9.52. The van der Waals surface area contributed by atoms with Gasteiger partial charge < -0.3 is 5.43 Å². The van der Waals surface area contributed by atoms with Gasteiger partial charge in [-0.1, -0.05) is 12.1 Å². The molecule has 1 aromatic heterocycles. The smallest absolute Gasteiger partial charge is 0.307 e. The van der Waals surface area contributed by atoms with Crippen LogP contribution in [0.15, 0.2) is 30.6 Å². The van der Waals surface area contributed by atoms with Crippen LogP contribution >= 0.6 is 0 Å². The van der Waals surface area contributed by atoms with Crippen LogP contribution in [0, 0.1) is 20.2 Å². The summed E-state index contributed by atoms with van der Waals surface area (Å²) in [5, 5.41) is 25.3. The Hall–Kier alpha value is -3.01. The van der Waals surface area contributed by atoms with Gasteiger partial charge in [0.2, 0.25) is 0 Å². The summed E-state index contributed by atoms with van der Waals surface area (Å²) in [6.45, 7) is 0.120. The molecule has 1 aromatic carbocycles. The molecule has 10 nitrogen and oxygen atoms in total. The third-order valence-corrected chi connectivity index (χ3v) is 2.63. The Morgan fingerprint density at radius 2 is 2.05 bits per heavy atom. The number of nitro groups is 2. The molecule has 0 saturated heterocycles. The molecule has 0 aliphatic heterocycles. The Morgan fingerprint density at radius 1 is 1.30 bits per heavy atom. The number of nitrogens with zero attached hydrogens (tertiary/aromatic N) is 4. The number of hydrogen-bond acceptors (Lipinski definition) is 7. The van der Waals surface area contributed by atoms with Crippen molar-refractivity contribution in [3.8, 4) is 0 Å². The molecule has 3 N–H and O–H groups in total. The maximum absolute atomic E-state index is 10.9. The number of anilines is 1. The van der Waals surface area contributed by atoms with Crippen molar-refractivity contribution in [2.24, 2.45) is 5.84 Å². The summed E-state index contributed by atoms with van der Waals surface area (Å²) >= 11 is 0. The number of nitrogens with two attached hydrogens (primary N) is 1. The van der Waals surface area contributed by atoms with Gasteiger partial charge >= 0.3 is 5.69 Å². The van der Waals surface area contributed by atoms with Gasteiger partial charge in [0.1, 0.15) is 18.1 Å². The lowest BCUT2D eigenvalue weighted by Gasteiger charge is -2.08. The standard InChI is InChI=1S/C10H10N6O4/c11-13-10-7(2-1-3-9(10)16(19)20)5-14-6-8(4-12-14)15(17)18/h1-4,6,13H,5,11H2. The van der Waals surface area contributed by atoms with Gasteiger partial charge in [-0.25, -0.2) is 0 Å². The van der Waals surface area contributed by atoms with Gasteiger partial charge in [0.25, 0.3) is 5.69 Å². The summed E-state index contributed by atoms with van der Waals surface area (Å²) in [6, 6.07) is 4.44. The first-order valence-corrected chi connectivity index (χ1v) is 5.42. The lowest BCUT2D eigenvalue weighted by atomic mass is 10.1. The second-order valence-electron chi connectivity index (χ2n) is 3.87. The zero-order valence-electron chi connectivity index (χ0n) is 10.1. The minimum Gasteiger partial charge on any atom is -0.318 e. The summed E-state index contributed by atoms with van der Waals surface area (Å²) in [7, 11) is 0. The Labute approximate surface area is 112 Å². The Kier molecular flexibility index (Phi) is 3.57. The number of para-hydroxylation sites is 1. The van der Waals surface area contributed by atoms with Crippen molar-refractivity contribution in [1.82, 2.24) is 9.78 Å². The number of nitro benzene ring substituents is 1. The van der Waals surface area contributed by atoms with Crippen LogP contribution < -0.4 is 11.3 Å². The largest absolute Gasteiger partial charge is 0.318 e. The Morgan fingerprint density at radius 3 is 2.60 bits per heavy atom. The molecule has 0 aliphatic rings. The number of rotatable bonds is 5. The number of benzene rings is 1. The van der Waals surface area contributed by atoms with Crippen LogP contribution in [-0.4, -0.2) is 19.6 Å². The van der Waals surface area contributed by atoms with Gasteiger partial charge in [0.15, 0.2) is 0 Å². The number of aromatic nitrogens is 2. The maximum Gasteiger partial charge on any atom is 0.307 e. The fraction of sp³-hybridized carbons (Fsp3) is 0.100. The summed E-state index contributed by atoms with van der Waals surface area (Å²) < 4.78 is 1.30. The molecular weight excluding hydrogens is 268 g/mol. The summed E-state index contributed by atoms with van der Waals surface area (Å²) in [6.07, 6.45) is 2.34. The highest BCUT2D eigenvalue weighted by Crippen LogP contribution is 2.28. The van der Waals surface area contributed by atoms with E-state index in [4.69, 9.17) is 5.84 Å². The fourth-order valence-electron chi connectivity index (χ4n) is 1.75. The number of hydrogen-bond donors (Lipinski definition) is 2. The monoisotopic (exact) mass is 278 g/mol. The van der Waals surface area contributed by atoms with E-state index in [-0.39, 0.29) is 23.6 Å². The van der Waals surface area contributed by atoms with Crippen molar-refractivity contribution in [3.05, 3.63) is 56.4 Å². The fourth-order valence-corrected chi connectivity index (χ4v) is 1.75. The molecule has 20 heavy (non-hydrogen) atoms. The lowest BCUT2D eigenvalue weighted by Crippen LogP contribution is -2.13. The molecule has 0 radical (unpaired) electrons. The van der Waals surface area contributed by atoms with Crippen LogP contribution in [0.4, 0.5) is 17.1 Å². The van der Waals surface area contributed by atoms with Crippen LogP contribution in [-0.2, 0) is 6.54 Å². The van der Waals surface area contributed by atoms with E-state index in [0.29, 0.717) is 5.56 Å². The SMILES string of the molecule is NNc1c(Cn2cc([N+](=O)[O-])cn2)cccc1[N+](=O)[O-]. The third kappa shape index (κ3) is 2.54. The minimum atomic E-state index is -0.570. The van der Waals surface area contributed by atoms with Gasteiger partial charge in [-0.05, 0) is 0 Å². The average molecular weight is 278 g/mol. The molecule has 104 valence electrons. The molecule has 0 saturated carbocycles. The average Bonchev–Trinajstić information content (AvgIpc) is 2.87. The van der Waals surface area contributed by atoms with Crippen molar-refractivity contribution in [2.75, 3.05) is 5.43 Å². The normalized spacial score (nSPS) is 10.2. The number of hydrazine groups is 1. The first kappa shape index (κ1) is 13.4. The molecule has 0 amide bonds. The molecule has 0 atom stereocenters. The van der Waals surface area contributed by atoms with Crippen LogP contribution in [0.5, 0.6) is 0 Å². The molecule has 0 unspecified atom stereocenters. The van der Waals surface area contributed by atoms with Crippen molar-refractivity contribution < 1.29 is 9.85 Å². The van der Waals surface area contributed by atoms with Gasteiger partial charge in [-0.2, -0.15) is 5.10 Å². The van der Waals surface area contributed by atoms with Crippen molar-refractivity contribution in [1.29, 1.82) is 0 Å². The molecule has 10 heteroatoms. The van der Waals surface area contributed by atoms with Crippen LogP contribution in [0.1, 0.15) is 5.56 Å². The zero-order valence-corrected chi connectivity index (χ0v) is 10.1. The zero-order chi connectivity index (χ0) is 14.7. The first-order valence-electron chi connectivity index (χ1n) is 5.42. The van der Waals surface area contributed by atoms with Crippen LogP contribution in [0.2, 0.25) is 0 Å². The van der Waals surface area contributed by atoms with Crippen LogP contribution in [0.3, 0.4) is 0 Å². The summed E-state index contributed by atoms with van der Waals surface area (Å²) in [4.78, 5) is 20.3. The van der Waals surface area contributed by atoms with Crippen molar-refractivity contribution in [3.63, 3.8) is 0 Å². The summed E-state index contributed by atoms with van der Waals surface area (Å²) in [5.41, 5.74) is 2.60. The van der Waals surface area contributed by atoms with E-state index in [9.17, 15) is 20.2 Å². The lowest BCUT2D eigenvalue weighted by molar-refractivity contribution is -0.385. The Balaban J connectivity index is 2.35. The molecule has 0 fully saturated rings. The third-order valence-electron chi connectivity index (χ3n) is 2.63. The van der Waals surface area contributed by atoms with E-state index < -0.39 is 9.85 Å². The van der Waals surface area contributed by atoms with Gasteiger partial charge in [0, 0.05) is 11.6 Å². The van der Waals surface area contributed by atoms with Gasteiger partial charge in [-0.3, -0.25) is 30.8 Å². The second kappa shape index (κ2) is 5.32. The van der Waals surface area contributed by atoms with Crippen molar-refractivity contribution in [2.45, 2.75) is 6.54 Å². The topological polar surface area (TPSA) is 142 Å². The summed E-state index contributed by atoms with van der Waals surface area (Å²) in [5.74, 6) is 5.30. The van der Waals surface area contributed by atoms with E-state index in [0.717, 1.165) is 6.20 Å². The highest BCUT2D eigenvalue weighted by atomic mass is 16.6. The van der Waals surface area contributed by atoms with Gasteiger partial charge in [0.05, 0.1) is 16.4 Å². The molecule has 0 spiro atoms. The predicted molar refractivity (Wildman–Crippen MR) is 68.9 cm³/mol.